The molecule has 10 heteroatoms. The molecule has 0 fully saturated rings. The van der Waals surface area contributed by atoms with Crippen LogP contribution in [-0.4, -0.2) is 14.3 Å². The zero-order valence-corrected chi connectivity index (χ0v) is 16.0. The molecule has 0 aliphatic rings. The monoisotopic (exact) mass is 440 g/mol. The van der Waals surface area contributed by atoms with Crippen molar-refractivity contribution in [2.75, 3.05) is 10.0 Å². The first kappa shape index (κ1) is 20.7. The predicted octanol–water partition coefficient (Wildman–Crippen LogP) is 4.81. The Morgan fingerprint density at radius 1 is 0.828 bits per heavy atom. The Morgan fingerprint density at radius 3 is 2.24 bits per heavy atom. The van der Waals surface area contributed by atoms with E-state index in [0.717, 1.165) is 24.3 Å². The third-order valence-corrected chi connectivity index (χ3v) is 5.42. The number of anilines is 2. The number of hydrogen-bond donors (Lipinski definition) is 2. The van der Waals surface area contributed by atoms with Gasteiger partial charge in [0.2, 0.25) is 0 Å². The van der Waals surface area contributed by atoms with Crippen LogP contribution in [0.2, 0.25) is 5.02 Å². The number of carbonyl (C=O) groups is 1. The van der Waals surface area contributed by atoms with Crippen LogP contribution in [-0.2, 0) is 10.0 Å². The number of rotatable bonds is 5. The molecule has 0 saturated carbocycles. The van der Waals surface area contributed by atoms with E-state index in [1.165, 1.54) is 30.3 Å². The highest BCUT2D eigenvalue weighted by atomic mass is 35.5. The van der Waals surface area contributed by atoms with Crippen LogP contribution in [0.1, 0.15) is 10.4 Å². The molecule has 0 aromatic heterocycles. The predicted molar refractivity (Wildman–Crippen MR) is 103 cm³/mol. The van der Waals surface area contributed by atoms with Crippen molar-refractivity contribution >= 4 is 38.9 Å². The lowest BCUT2D eigenvalue weighted by molar-refractivity contribution is 0.102. The topological polar surface area (TPSA) is 75.3 Å². The summed E-state index contributed by atoms with van der Waals surface area (Å²) in [5.41, 5.74) is -0.368. The van der Waals surface area contributed by atoms with E-state index in [1.54, 1.807) is 0 Å². The first-order chi connectivity index (χ1) is 13.7. The van der Waals surface area contributed by atoms with Crippen LogP contribution in [0.3, 0.4) is 0 Å². The molecule has 0 saturated heterocycles. The summed E-state index contributed by atoms with van der Waals surface area (Å²) in [6.07, 6.45) is 0. The number of amides is 1. The van der Waals surface area contributed by atoms with Gasteiger partial charge in [-0.25, -0.2) is 21.6 Å². The minimum absolute atomic E-state index is 0.0628. The van der Waals surface area contributed by atoms with Crippen LogP contribution in [0, 0.1) is 17.5 Å². The van der Waals surface area contributed by atoms with Crippen LogP contribution >= 0.6 is 11.6 Å². The lowest BCUT2D eigenvalue weighted by Gasteiger charge is -2.14. The summed E-state index contributed by atoms with van der Waals surface area (Å²) < 4.78 is 67.5. The lowest BCUT2D eigenvalue weighted by atomic mass is 10.2. The molecule has 0 radical (unpaired) electrons. The minimum Gasteiger partial charge on any atom is -0.320 e. The van der Waals surface area contributed by atoms with Crippen molar-refractivity contribution in [1.29, 1.82) is 0 Å². The van der Waals surface area contributed by atoms with Crippen molar-refractivity contribution in [2.24, 2.45) is 0 Å². The Bertz CT molecular complexity index is 1200. The number of hydrogen-bond acceptors (Lipinski definition) is 3. The molecule has 0 bridgehead atoms. The van der Waals surface area contributed by atoms with E-state index in [1.807, 2.05) is 0 Å². The zero-order valence-electron chi connectivity index (χ0n) is 14.4. The maximum absolute atomic E-state index is 13.9. The summed E-state index contributed by atoms with van der Waals surface area (Å²) in [6.45, 7) is 0. The maximum atomic E-state index is 13.9. The first-order valence-corrected chi connectivity index (χ1v) is 9.87. The summed E-state index contributed by atoms with van der Waals surface area (Å²) in [7, 11) is -4.32. The molecule has 0 heterocycles. The van der Waals surface area contributed by atoms with Crippen LogP contribution in [0.15, 0.2) is 65.6 Å². The highest BCUT2D eigenvalue weighted by Gasteiger charge is 2.21. The summed E-state index contributed by atoms with van der Waals surface area (Å²) >= 11 is 5.91. The van der Waals surface area contributed by atoms with Crippen LogP contribution in [0.4, 0.5) is 24.5 Å². The molecule has 2 N–H and O–H groups in total. The molecule has 3 aromatic rings. The van der Waals surface area contributed by atoms with E-state index in [9.17, 15) is 26.4 Å². The van der Waals surface area contributed by atoms with E-state index < -0.39 is 38.3 Å². The summed E-state index contributed by atoms with van der Waals surface area (Å²) in [5, 5.41) is 2.54. The number of sulfonamides is 1. The molecular formula is C19H12ClF3N2O3S. The quantitative estimate of drug-likeness (QED) is 0.597. The number of halogens is 4. The van der Waals surface area contributed by atoms with E-state index in [0.29, 0.717) is 6.07 Å². The molecule has 5 nitrogen and oxygen atoms in total. The van der Waals surface area contributed by atoms with Gasteiger partial charge < -0.3 is 5.32 Å². The second kappa shape index (κ2) is 8.14. The average molecular weight is 441 g/mol. The Balaban J connectivity index is 1.93. The smallest absolute Gasteiger partial charge is 0.264 e. The second-order valence-electron chi connectivity index (χ2n) is 5.81. The van der Waals surface area contributed by atoms with Gasteiger partial charge in [0.1, 0.15) is 10.7 Å². The number of carbonyl (C=O) groups excluding carboxylic acids is 1. The molecule has 1 amide bonds. The molecule has 0 spiro atoms. The Kier molecular flexibility index (Phi) is 5.81. The zero-order chi connectivity index (χ0) is 21.2. The molecule has 150 valence electrons. The van der Waals surface area contributed by atoms with Crippen LogP contribution < -0.4 is 10.0 Å². The SMILES string of the molecule is O=C(Nc1cc(Cl)ccc1NS(=O)(=O)c1ccccc1F)c1ccc(F)c(F)c1. The van der Waals surface area contributed by atoms with E-state index in [4.69, 9.17) is 11.6 Å². The van der Waals surface area contributed by atoms with E-state index in [2.05, 4.69) is 10.0 Å². The van der Waals surface area contributed by atoms with Crippen molar-refractivity contribution in [2.45, 2.75) is 4.90 Å². The van der Waals surface area contributed by atoms with Gasteiger partial charge in [-0.15, -0.1) is 0 Å². The van der Waals surface area contributed by atoms with Gasteiger partial charge in [0.25, 0.3) is 15.9 Å². The van der Waals surface area contributed by atoms with Crippen LogP contribution in [0.5, 0.6) is 0 Å². The molecule has 0 atom stereocenters. The molecule has 29 heavy (non-hydrogen) atoms. The summed E-state index contributed by atoms with van der Waals surface area (Å²) in [6, 6.07) is 11.2. The highest BCUT2D eigenvalue weighted by Crippen LogP contribution is 2.29. The van der Waals surface area contributed by atoms with Gasteiger partial charge in [-0.3, -0.25) is 9.52 Å². The van der Waals surface area contributed by atoms with Gasteiger partial charge in [-0.1, -0.05) is 23.7 Å². The highest BCUT2D eigenvalue weighted by molar-refractivity contribution is 7.92. The third-order valence-electron chi connectivity index (χ3n) is 3.78. The maximum Gasteiger partial charge on any atom is 0.264 e. The second-order valence-corrected chi connectivity index (χ2v) is 7.90. The summed E-state index contributed by atoms with van der Waals surface area (Å²) in [5.74, 6) is -4.13. The Labute approximate surface area is 169 Å². The summed E-state index contributed by atoms with van der Waals surface area (Å²) in [4.78, 5) is 11.8. The third kappa shape index (κ3) is 4.69. The normalized spacial score (nSPS) is 11.2. The minimum atomic E-state index is -4.32. The fourth-order valence-corrected chi connectivity index (χ4v) is 3.74. The first-order valence-electron chi connectivity index (χ1n) is 8.01. The van der Waals surface area contributed by atoms with Gasteiger partial charge in [-0.05, 0) is 48.5 Å². The van der Waals surface area contributed by atoms with E-state index in [-0.39, 0.29) is 22.0 Å². The van der Waals surface area contributed by atoms with Gasteiger partial charge >= 0.3 is 0 Å². The van der Waals surface area contributed by atoms with Crippen molar-refractivity contribution < 1.29 is 26.4 Å². The van der Waals surface area contributed by atoms with Crippen molar-refractivity contribution in [3.05, 3.63) is 88.7 Å². The number of benzene rings is 3. The molecule has 0 aliphatic carbocycles. The fourth-order valence-electron chi connectivity index (χ4n) is 2.40. The molecular weight excluding hydrogens is 429 g/mol. The van der Waals surface area contributed by atoms with Gasteiger partial charge in [0, 0.05) is 10.6 Å². The fraction of sp³-hybridized carbons (Fsp3) is 0. The lowest BCUT2D eigenvalue weighted by Crippen LogP contribution is -2.18. The van der Waals surface area contributed by atoms with Crippen molar-refractivity contribution in [3.8, 4) is 0 Å². The Morgan fingerprint density at radius 2 is 1.55 bits per heavy atom. The van der Waals surface area contributed by atoms with Gasteiger partial charge in [-0.2, -0.15) is 0 Å². The molecule has 0 unspecified atom stereocenters. The van der Waals surface area contributed by atoms with Crippen molar-refractivity contribution in [3.63, 3.8) is 0 Å². The van der Waals surface area contributed by atoms with Gasteiger partial charge in [0.05, 0.1) is 11.4 Å². The molecule has 3 aromatic carbocycles. The van der Waals surface area contributed by atoms with Gasteiger partial charge in [0.15, 0.2) is 11.6 Å². The average Bonchev–Trinajstić information content (AvgIpc) is 2.66. The standard InChI is InChI=1S/C19H12ClF3N2O3S/c20-12-6-8-16(25-29(27,28)18-4-2-1-3-14(18)22)17(10-12)24-19(26)11-5-7-13(21)15(23)9-11/h1-10,25H,(H,24,26). The van der Waals surface area contributed by atoms with E-state index >= 15 is 0 Å². The molecule has 0 aliphatic heterocycles. The number of nitrogens with one attached hydrogen (secondary N) is 2. The molecule has 3 rings (SSSR count). The largest absolute Gasteiger partial charge is 0.320 e. The Hall–Kier alpha value is -3.04. The van der Waals surface area contributed by atoms with Crippen molar-refractivity contribution in [1.82, 2.24) is 0 Å². The van der Waals surface area contributed by atoms with Crippen LogP contribution in [0.25, 0.3) is 0 Å².